The smallest absolute Gasteiger partial charge is 0.326 e. The molecule has 0 spiro atoms. The minimum absolute atomic E-state index is 0.000671. The van der Waals surface area contributed by atoms with Gasteiger partial charge in [0, 0.05) is 11.9 Å². The van der Waals surface area contributed by atoms with E-state index in [4.69, 9.17) is 5.11 Å². The molecule has 1 aliphatic rings. The van der Waals surface area contributed by atoms with Gasteiger partial charge in [-0.2, -0.15) is 11.3 Å². The first-order valence-electron chi connectivity index (χ1n) is 5.42. The van der Waals surface area contributed by atoms with E-state index in [0.717, 1.165) is 6.42 Å². The van der Waals surface area contributed by atoms with Crippen LogP contribution >= 0.6 is 11.3 Å². The summed E-state index contributed by atoms with van der Waals surface area (Å²) in [5.41, 5.74) is 0.712. The van der Waals surface area contributed by atoms with Crippen LogP contribution in [0.2, 0.25) is 0 Å². The van der Waals surface area contributed by atoms with Crippen molar-refractivity contribution in [3.8, 4) is 0 Å². The number of hydrogen-bond donors (Lipinski definition) is 2. The van der Waals surface area contributed by atoms with Crippen LogP contribution in [0.1, 0.15) is 13.3 Å². The van der Waals surface area contributed by atoms with Crippen molar-refractivity contribution in [2.75, 3.05) is 11.9 Å². The standard InChI is InChI=1S/C11H14N2O3S/c1-7-2-4-13(9(7)10(14)15)11(16)12-8-3-5-17-6-8/h3,5-7,9H,2,4H2,1H3,(H,12,16)(H,14,15). The molecule has 2 rings (SSSR count). The van der Waals surface area contributed by atoms with Crippen LogP contribution < -0.4 is 5.32 Å². The number of rotatable bonds is 2. The maximum absolute atomic E-state index is 11.9. The van der Waals surface area contributed by atoms with Gasteiger partial charge in [0.25, 0.3) is 0 Å². The predicted molar refractivity (Wildman–Crippen MR) is 65.2 cm³/mol. The molecule has 6 heteroatoms. The van der Waals surface area contributed by atoms with Crippen LogP contribution in [0.5, 0.6) is 0 Å². The van der Waals surface area contributed by atoms with Gasteiger partial charge in [0.05, 0.1) is 5.69 Å². The van der Waals surface area contributed by atoms with Crippen molar-refractivity contribution in [3.05, 3.63) is 16.8 Å². The molecule has 0 saturated carbocycles. The lowest BCUT2D eigenvalue weighted by molar-refractivity contribution is -0.142. The van der Waals surface area contributed by atoms with Crippen molar-refractivity contribution in [3.63, 3.8) is 0 Å². The van der Waals surface area contributed by atoms with Gasteiger partial charge in [0.15, 0.2) is 0 Å². The Morgan fingerprint density at radius 3 is 2.94 bits per heavy atom. The summed E-state index contributed by atoms with van der Waals surface area (Å²) in [5, 5.41) is 15.5. The molecule has 0 radical (unpaired) electrons. The second-order valence-electron chi connectivity index (χ2n) is 4.18. The van der Waals surface area contributed by atoms with E-state index in [0.29, 0.717) is 12.2 Å². The number of nitrogens with one attached hydrogen (secondary N) is 1. The third-order valence-corrected chi connectivity index (χ3v) is 3.67. The van der Waals surface area contributed by atoms with Gasteiger partial charge < -0.3 is 15.3 Å². The molecule has 2 unspecified atom stereocenters. The number of thiophene rings is 1. The zero-order chi connectivity index (χ0) is 12.4. The number of likely N-dealkylation sites (tertiary alicyclic amines) is 1. The molecule has 0 aliphatic carbocycles. The van der Waals surface area contributed by atoms with Gasteiger partial charge in [-0.05, 0) is 23.8 Å². The Morgan fingerprint density at radius 1 is 1.59 bits per heavy atom. The van der Waals surface area contributed by atoms with Crippen molar-refractivity contribution >= 4 is 29.0 Å². The highest BCUT2D eigenvalue weighted by atomic mass is 32.1. The Bertz CT molecular complexity index is 418. The topological polar surface area (TPSA) is 69.6 Å². The van der Waals surface area contributed by atoms with Gasteiger partial charge >= 0.3 is 12.0 Å². The highest BCUT2D eigenvalue weighted by Gasteiger charge is 2.39. The largest absolute Gasteiger partial charge is 0.480 e. The number of amides is 2. The van der Waals surface area contributed by atoms with E-state index in [2.05, 4.69) is 5.32 Å². The van der Waals surface area contributed by atoms with Crippen LogP contribution in [0.15, 0.2) is 16.8 Å². The van der Waals surface area contributed by atoms with Gasteiger partial charge in [0.1, 0.15) is 6.04 Å². The third-order valence-electron chi connectivity index (χ3n) is 2.99. The number of nitrogens with zero attached hydrogens (tertiary/aromatic N) is 1. The number of carboxylic acids is 1. The molecule has 1 aromatic rings. The Balaban J connectivity index is 2.06. The zero-order valence-corrected chi connectivity index (χ0v) is 10.2. The number of carbonyl (C=O) groups excluding carboxylic acids is 1. The Kier molecular flexibility index (Phi) is 3.33. The summed E-state index contributed by atoms with van der Waals surface area (Å²) in [6.07, 6.45) is 0.730. The van der Waals surface area contributed by atoms with Crippen LogP contribution in [0, 0.1) is 5.92 Å². The van der Waals surface area contributed by atoms with E-state index in [-0.39, 0.29) is 11.9 Å². The summed E-state index contributed by atoms with van der Waals surface area (Å²) in [6, 6.07) is 0.742. The molecule has 0 bridgehead atoms. The Morgan fingerprint density at radius 2 is 2.35 bits per heavy atom. The summed E-state index contributed by atoms with van der Waals surface area (Å²) in [7, 11) is 0. The molecule has 0 aromatic carbocycles. The Hall–Kier alpha value is -1.56. The third kappa shape index (κ3) is 2.41. The van der Waals surface area contributed by atoms with Gasteiger partial charge in [0.2, 0.25) is 0 Å². The van der Waals surface area contributed by atoms with Crippen molar-refractivity contribution < 1.29 is 14.7 Å². The minimum atomic E-state index is -0.935. The van der Waals surface area contributed by atoms with E-state index in [1.807, 2.05) is 17.7 Å². The van der Waals surface area contributed by atoms with Crippen LogP contribution in [-0.2, 0) is 4.79 Å². The fraction of sp³-hybridized carbons (Fsp3) is 0.455. The molecule has 17 heavy (non-hydrogen) atoms. The van der Waals surface area contributed by atoms with Crippen LogP contribution in [0.3, 0.4) is 0 Å². The molecule has 2 heterocycles. The number of carbonyl (C=O) groups is 2. The number of anilines is 1. The van der Waals surface area contributed by atoms with Gasteiger partial charge in [-0.1, -0.05) is 6.92 Å². The molecule has 1 aliphatic heterocycles. The van der Waals surface area contributed by atoms with Crippen molar-refractivity contribution in [1.29, 1.82) is 0 Å². The van der Waals surface area contributed by atoms with E-state index >= 15 is 0 Å². The van der Waals surface area contributed by atoms with E-state index in [1.165, 1.54) is 16.2 Å². The molecular weight excluding hydrogens is 240 g/mol. The molecule has 92 valence electrons. The van der Waals surface area contributed by atoms with Crippen molar-refractivity contribution in [1.82, 2.24) is 4.90 Å². The highest BCUT2D eigenvalue weighted by Crippen LogP contribution is 2.25. The second-order valence-corrected chi connectivity index (χ2v) is 4.96. The zero-order valence-electron chi connectivity index (χ0n) is 9.42. The van der Waals surface area contributed by atoms with E-state index < -0.39 is 12.0 Å². The molecule has 5 nitrogen and oxygen atoms in total. The normalized spacial score (nSPS) is 23.7. The number of urea groups is 1. The molecular formula is C11H14N2O3S. The predicted octanol–water partition coefficient (Wildman–Crippen LogP) is 2.07. The SMILES string of the molecule is CC1CCN(C(=O)Nc2ccsc2)C1C(=O)O. The average molecular weight is 254 g/mol. The van der Waals surface area contributed by atoms with Crippen LogP contribution in [0.4, 0.5) is 10.5 Å². The monoisotopic (exact) mass is 254 g/mol. The van der Waals surface area contributed by atoms with Gasteiger partial charge in [-0.25, -0.2) is 9.59 Å². The number of hydrogen-bond acceptors (Lipinski definition) is 3. The lowest BCUT2D eigenvalue weighted by Crippen LogP contribution is -2.44. The molecule has 1 fully saturated rings. The molecule has 2 N–H and O–H groups in total. The highest BCUT2D eigenvalue weighted by molar-refractivity contribution is 7.08. The average Bonchev–Trinajstić information content (AvgIpc) is 2.86. The van der Waals surface area contributed by atoms with Gasteiger partial charge in [-0.3, -0.25) is 0 Å². The lowest BCUT2D eigenvalue weighted by atomic mass is 10.0. The summed E-state index contributed by atoms with van der Waals surface area (Å²) in [6.45, 7) is 2.35. The summed E-state index contributed by atoms with van der Waals surface area (Å²) < 4.78 is 0. The van der Waals surface area contributed by atoms with Crippen molar-refractivity contribution in [2.24, 2.45) is 5.92 Å². The summed E-state index contributed by atoms with van der Waals surface area (Å²) in [4.78, 5) is 24.4. The molecule has 2 atom stereocenters. The maximum atomic E-state index is 11.9. The van der Waals surface area contributed by atoms with Crippen LogP contribution in [0.25, 0.3) is 0 Å². The fourth-order valence-electron chi connectivity index (χ4n) is 2.08. The van der Waals surface area contributed by atoms with Crippen molar-refractivity contribution in [2.45, 2.75) is 19.4 Å². The second kappa shape index (κ2) is 4.75. The number of aliphatic carboxylic acids is 1. The first-order valence-corrected chi connectivity index (χ1v) is 6.36. The van der Waals surface area contributed by atoms with E-state index in [9.17, 15) is 9.59 Å². The Labute approximate surface area is 103 Å². The fourth-order valence-corrected chi connectivity index (χ4v) is 2.67. The quantitative estimate of drug-likeness (QED) is 0.848. The lowest BCUT2D eigenvalue weighted by Gasteiger charge is -2.23. The first-order chi connectivity index (χ1) is 8.09. The van der Waals surface area contributed by atoms with Crippen LogP contribution in [-0.4, -0.2) is 34.6 Å². The first kappa shape index (κ1) is 11.9. The minimum Gasteiger partial charge on any atom is -0.480 e. The van der Waals surface area contributed by atoms with E-state index in [1.54, 1.807) is 6.07 Å². The number of carboxylic acid groups (broad SMARTS) is 1. The maximum Gasteiger partial charge on any atom is 0.326 e. The summed E-state index contributed by atoms with van der Waals surface area (Å²) in [5.74, 6) is -0.934. The molecule has 1 aromatic heterocycles. The molecule has 2 amide bonds. The summed E-state index contributed by atoms with van der Waals surface area (Å²) >= 11 is 1.48. The van der Waals surface area contributed by atoms with Gasteiger partial charge in [-0.15, -0.1) is 0 Å². The molecule has 1 saturated heterocycles.